The van der Waals surface area contributed by atoms with Gasteiger partial charge in [-0.3, -0.25) is 4.79 Å². The Labute approximate surface area is 162 Å². The fourth-order valence-corrected chi connectivity index (χ4v) is 5.02. The molecule has 0 saturated heterocycles. The Morgan fingerprint density at radius 2 is 1.67 bits per heavy atom. The van der Waals surface area contributed by atoms with E-state index < -0.39 is 9.84 Å². The number of hydrogen-bond acceptors (Lipinski definition) is 5. The van der Waals surface area contributed by atoms with Crippen molar-refractivity contribution in [3.8, 4) is 5.75 Å². The van der Waals surface area contributed by atoms with Crippen LogP contribution in [0.4, 0.5) is 5.69 Å². The van der Waals surface area contributed by atoms with Gasteiger partial charge in [-0.2, -0.15) is 0 Å². The van der Waals surface area contributed by atoms with Crippen LogP contribution in [-0.2, 0) is 9.84 Å². The first kappa shape index (κ1) is 19.1. The Balaban J connectivity index is 1.76. The van der Waals surface area contributed by atoms with Crippen molar-refractivity contribution in [2.75, 3.05) is 11.9 Å². The van der Waals surface area contributed by atoms with Crippen LogP contribution < -0.4 is 10.1 Å². The topological polar surface area (TPSA) is 72.5 Å². The molecule has 3 aromatic rings. The Hall–Kier alpha value is -2.64. The molecule has 0 radical (unpaired) electrons. The van der Waals surface area contributed by atoms with E-state index in [-0.39, 0.29) is 15.0 Å². The molecular formula is C20H19NO4S2. The number of amides is 1. The molecule has 1 amide bonds. The molecule has 0 aliphatic heterocycles. The van der Waals surface area contributed by atoms with E-state index in [9.17, 15) is 13.2 Å². The molecule has 3 rings (SSSR count). The molecule has 7 heteroatoms. The van der Waals surface area contributed by atoms with Crippen molar-refractivity contribution in [3.05, 3.63) is 71.1 Å². The second-order valence-electron chi connectivity index (χ2n) is 5.85. The number of benzene rings is 2. The van der Waals surface area contributed by atoms with Crippen molar-refractivity contribution in [3.63, 3.8) is 0 Å². The predicted molar refractivity (Wildman–Crippen MR) is 107 cm³/mol. The Morgan fingerprint density at radius 1 is 1.00 bits per heavy atom. The predicted octanol–water partition coefficient (Wildman–Crippen LogP) is 4.54. The molecule has 1 N–H and O–H groups in total. The minimum Gasteiger partial charge on any atom is -0.494 e. The van der Waals surface area contributed by atoms with Gasteiger partial charge in [0.2, 0.25) is 9.84 Å². The third-order valence-corrected chi connectivity index (χ3v) is 7.17. The number of hydrogen-bond donors (Lipinski definition) is 1. The van der Waals surface area contributed by atoms with Gasteiger partial charge in [0.15, 0.2) is 0 Å². The summed E-state index contributed by atoms with van der Waals surface area (Å²) in [7, 11) is -3.63. The molecule has 0 fully saturated rings. The second kappa shape index (κ2) is 7.94. The van der Waals surface area contributed by atoms with Crippen LogP contribution >= 0.6 is 11.3 Å². The molecule has 0 saturated carbocycles. The average Bonchev–Trinajstić information content (AvgIpc) is 3.15. The molecule has 140 valence electrons. The number of carbonyl (C=O) groups excluding carboxylic acids is 1. The molecule has 0 atom stereocenters. The first-order chi connectivity index (χ1) is 12.9. The highest BCUT2D eigenvalue weighted by Gasteiger charge is 2.21. The van der Waals surface area contributed by atoms with Crippen molar-refractivity contribution >= 4 is 32.8 Å². The molecule has 1 aromatic heterocycles. The van der Waals surface area contributed by atoms with Crippen LogP contribution in [0.3, 0.4) is 0 Å². The van der Waals surface area contributed by atoms with Gasteiger partial charge in [0.25, 0.3) is 5.91 Å². The first-order valence-corrected chi connectivity index (χ1v) is 10.7. The molecular weight excluding hydrogens is 382 g/mol. The van der Waals surface area contributed by atoms with Crippen molar-refractivity contribution in [1.29, 1.82) is 0 Å². The Bertz CT molecular complexity index is 1040. The summed E-state index contributed by atoms with van der Waals surface area (Å²) in [4.78, 5) is 13.0. The van der Waals surface area contributed by atoms with Crippen molar-refractivity contribution in [1.82, 2.24) is 0 Å². The largest absolute Gasteiger partial charge is 0.494 e. The van der Waals surface area contributed by atoms with E-state index >= 15 is 0 Å². The summed E-state index contributed by atoms with van der Waals surface area (Å²) < 4.78 is 30.9. The third-order valence-electron chi connectivity index (χ3n) is 3.82. The maximum absolute atomic E-state index is 12.7. The molecule has 5 nitrogen and oxygen atoms in total. The molecule has 27 heavy (non-hydrogen) atoms. The molecule has 0 aliphatic carbocycles. The lowest BCUT2D eigenvalue weighted by Crippen LogP contribution is -2.10. The molecule has 1 heterocycles. The van der Waals surface area contributed by atoms with Crippen LogP contribution in [0.1, 0.15) is 22.2 Å². The van der Waals surface area contributed by atoms with Gasteiger partial charge in [-0.25, -0.2) is 8.42 Å². The van der Waals surface area contributed by atoms with E-state index in [4.69, 9.17) is 4.74 Å². The molecule has 2 aromatic carbocycles. The van der Waals surface area contributed by atoms with E-state index in [0.29, 0.717) is 17.2 Å². The highest BCUT2D eigenvalue weighted by molar-refractivity contribution is 7.93. The number of carbonyl (C=O) groups is 1. The zero-order valence-corrected chi connectivity index (χ0v) is 16.6. The number of aryl methyl sites for hydroxylation is 1. The fourth-order valence-electron chi connectivity index (χ4n) is 2.41. The van der Waals surface area contributed by atoms with Crippen molar-refractivity contribution in [2.45, 2.75) is 23.0 Å². The van der Waals surface area contributed by atoms with Gasteiger partial charge in [0.1, 0.15) is 9.96 Å². The van der Waals surface area contributed by atoms with Crippen LogP contribution in [0.5, 0.6) is 5.75 Å². The maximum atomic E-state index is 12.7. The number of sulfone groups is 1. The number of rotatable bonds is 6. The summed E-state index contributed by atoms with van der Waals surface area (Å²) in [6, 6.07) is 16.6. The van der Waals surface area contributed by atoms with Crippen LogP contribution in [-0.4, -0.2) is 20.9 Å². The zero-order chi connectivity index (χ0) is 19.4. The Morgan fingerprint density at radius 3 is 2.30 bits per heavy atom. The van der Waals surface area contributed by atoms with E-state index in [2.05, 4.69) is 5.32 Å². The van der Waals surface area contributed by atoms with Gasteiger partial charge in [-0.15, -0.1) is 11.3 Å². The highest BCUT2D eigenvalue weighted by Crippen LogP contribution is 2.28. The van der Waals surface area contributed by atoms with Gasteiger partial charge < -0.3 is 10.1 Å². The number of ether oxygens (including phenoxy) is 1. The van der Waals surface area contributed by atoms with Gasteiger partial charge in [-0.1, -0.05) is 17.7 Å². The monoisotopic (exact) mass is 401 g/mol. The second-order valence-corrected chi connectivity index (χ2v) is 9.11. The highest BCUT2D eigenvalue weighted by atomic mass is 32.2. The van der Waals surface area contributed by atoms with Crippen LogP contribution in [0.2, 0.25) is 0 Å². The lowest BCUT2D eigenvalue weighted by Gasteiger charge is -2.06. The quantitative estimate of drug-likeness (QED) is 0.658. The van der Waals surface area contributed by atoms with E-state index in [1.165, 1.54) is 12.1 Å². The summed E-state index contributed by atoms with van der Waals surface area (Å²) in [5.41, 5.74) is 1.59. The summed E-state index contributed by atoms with van der Waals surface area (Å²) in [5, 5.41) is 2.76. The van der Waals surface area contributed by atoms with E-state index in [1.54, 1.807) is 48.5 Å². The fraction of sp³-hybridized carbons (Fsp3) is 0.150. The summed E-state index contributed by atoms with van der Waals surface area (Å²) in [6.45, 7) is 4.36. The minimum atomic E-state index is -3.63. The first-order valence-electron chi connectivity index (χ1n) is 8.36. The van der Waals surface area contributed by atoms with E-state index in [0.717, 1.165) is 22.6 Å². The van der Waals surface area contributed by atoms with Crippen LogP contribution in [0, 0.1) is 6.92 Å². The average molecular weight is 402 g/mol. The van der Waals surface area contributed by atoms with Gasteiger partial charge in [-0.05, 0) is 62.4 Å². The number of thiophene rings is 1. The Kier molecular flexibility index (Phi) is 5.62. The maximum Gasteiger partial charge on any atom is 0.265 e. The molecule has 0 aliphatic rings. The molecule has 0 unspecified atom stereocenters. The van der Waals surface area contributed by atoms with Gasteiger partial charge in [0.05, 0.1) is 16.4 Å². The lowest BCUT2D eigenvalue weighted by molar-refractivity contribution is 0.103. The minimum absolute atomic E-state index is 0.142. The van der Waals surface area contributed by atoms with Crippen LogP contribution in [0.25, 0.3) is 0 Å². The van der Waals surface area contributed by atoms with Gasteiger partial charge in [0, 0.05) is 5.69 Å². The van der Waals surface area contributed by atoms with Crippen molar-refractivity contribution in [2.24, 2.45) is 0 Å². The number of nitrogens with one attached hydrogen (secondary N) is 1. The zero-order valence-electron chi connectivity index (χ0n) is 14.9. The van der Waals surface area contributed by atoms with Crippen LogP contribution in [0.15, 0.2) is 69.8 Å². The summed E-state index contributed by atoms with van der Waals surface area (Å²) >= 11 is 0.953. The lowest BCUT2D eigenvalue weighted by atomic mass is 10.2. The van der Waals surface area contributed by atoms with Crippen molar-refractivity contribution < 1.29 is 17.9 Å². The summed E-state index contributed by atoms with van der Waals surface area (Å²) in [5.74, 6) is 0.368. The third kappa shape index (κ3) is 4.37. The SMILES string of the molecule is CCOc1ccc(NC(=O)c2ccc(S(=O)(=O)c3ccc(C)cc3)s2)cc1. The smallest absolute Gasteiger partial charge is 0.265 e. The standard InChI is InChI=1S/C20H19NO4S2/c1-3-25-16-8-6-15(7-9-16)21-20(22)18-12-13-19(26-18)27(23,24)17-10-4-14(2)5-11-17/h4-13H,3H2,1-2H3,(H,21,22). The molecule has 0 spiro atoms. The summed E-state index contributed by atoms with van der Waals surface area (Å²) in [6.07, 6.45) is 0. The van der Waals surface area contributed by atoms with E-state index in [1.807, 2.05) is 13.8 Å². The van der Waals surface area contributed by atoms with Gasteiger partial charge >= 0.3 is 0 Å². The number of anilines is 1. The molecule has 0 bridgehead atoms. The normalized spacial score (nSPS) is 11.2.